The second-order valence-electron chi connectivity index (χ2n) is 6.47. The number of piperazine rings is 1. The summed E-state index contributed by atoms with van der Waals surface area (Å²) in [6.45, 7) is 5.04. The predicted octanol–water partition coefficient (Wildman–Crippen LogP) is 2.28. The van der Waals surface area contributed by atoms with Crippen LogP contribution in [0.3, 0.4) is 0 Å². The van der Waals surface area contributed by atoms with Crippen molar-refractivity contribution < 1.29 is 23.8 Å². The van der Waals surface area contributed by atoms with Crippen LogP contribution in [0.25, 0.3) is 0 Å². The Morgan fingerprint density at radius 2 is 1.89 bits per heavy atom. The number of nitrogens with zero attached hydrogens (tertiary/aromatic N) is 2. The van der Waals surface area contributed by atoms with Gasteiger partial charge in [0.15, 0.2) is 0 Å². The number of hydrogen-bond acceptors (Lipinski definition) is 6. The smallest absolute Gasteiger partial charge is 0.341 e. The average Bonchev–Trinajstić information content (AvgIpc) is 3.16. The van der Waals surface area contributed by atoms with Crippen molar-refractivity contribution in [2.24, 2.45) is 0 Å². The Kier molecular flexibility index (Phi) is 6.05. The van der Waals surface area contributed by atoms with E-state index < -0.39 is 12.0 Å². The van der Waals surface area contributed by atoms with Crippen molar-refractivity contribution in [2.45, 2.75) is 13.1 Å². The number of carbonyl (C=O) groups is 2. The maximum atomic E-state index is 12.2. The van der Waals surface area contributed by atoms with E-state index in [2.05, 4.69) is 20.4 Å². The van der Waals surface area contributed by atoms with Gasteiger partial charge in [0.1, 0.15) is 23.8 Å². The van der Waals surface area contributed by atoms with Crippen LogP contribution in [0.1, 0.15) is 17.3 Å². The lowest BCUT2D eigenvalue weighted by Crippen LogP contribution is -2.55. The number of amides is 2. The van der Waals surface area contributed by atoms with E-state index in [0.717, 1.165) is 43.9 Å². The third-order valence-electron chi connectivity index (χ3n) is 4.77. The zero-order valence-electron chi connectivity index (χ0n) is 15.8. The van der Waals surface area contributed by atoms with Gasteiger partial charge in [0.05, 0.1) is 24.7 Å². The summed E-state index contributed by atoms with van der Waals surface area (Å²) in [7, 11) is 1.66. The summed E-state index contributed by atoms with van der Waals surface area (Å²) in [4.78, 5) is 27.7. The summed E-state index contributed by atoms with van der Waals surface area (Å²) in [5.41, 5.74) is 1.09. The first kappa shape index (κ1) is 19.6. The minimum Gasteiger partial charge on any atom is -0.495 e. The first-order chi connectivity index (χ1) is 13.5. The Labute approximate surface area is 162 Å². The number of methoxy groups -OCH3 is 1. The van der Waals surface area contributed by atoms with Crippen molar-refractivity contribution in [1.82, 2.24) is 10.2 Å². The zero-order valence-corrected chi connectivity index (χ0v) is 15.8. The number of urea groups is 1. The minimum absolute atomic E-state index is 0.0896. The molecule has 150 valence electrons. The molecule has 1 aromatic carbocycles. The van der Waals surface area contributed by atoms with Crippen LogP contribution < -0.4 is 20.3 Å². The van der Waals surface area contributed by atoms with Crippen LogP contribution >= 0.6 is 0 Å². The molecule has 2 amide bonds. The lowest BCUT2D eigenvalue weighted by atomic mass is 10.2. The highest BCUT2D eigenvalue weighted by Gasteiger charge is 2.24. The van der Waals surface area contributed by atoms with Crippen LogP contribution in [0.4, 0.5) is 16.2 Å². The fourth-order valence-electron chi connectivity index (χ4n) is 3.24. The maximum absolute atomic E-state index is 12.2. The molecule has 0 radical (unpaired) electrons. The Morgan fingerprint density at radius 3 is 2.57 bits per heavy atom. The van der Waals surface area contributed by atoms with Gasteiger partial charge in [-0.3, -0.25) is 4.90 Å². The molecule has 0 aliphatic carbocycles. The maximum Gasteiger partial charge on any atom is 0.341 e. The molecule has 1 unspecified atom stereocenters. The number of furan rings is 1. The number of aromatic carboxylic acids is 1. The first-order valence-electron chi connectivity index (χ1n) is 8.98. The third kappa shape index (κ3) is 4.37. The molecule has 1 aliphatic rings. The van der Waals surface area contributed by atoms with Crippen molar-refractivity contribution >= 4 is 23.4 Å². The second kappa shape index (κ2) is 8.66. The fourth-order valence-corrected chi connectivity index (χ4v) is 3.24. The number of anilines is 2. The number of carboxylic acids is 1. The van der Waals surface area contributed by atoms with E-state index in [1.54, 1.807) is 7.11 Å². The number of ether oxygens (including phenoxy) is 1. The van der Waals surface area contributed by atoms with E-state index in [9.17, 15) is 9.59 Å². The predicted molar refractivity (Wildman–Crippen MR) is 104 cm³/mol. The Hall–Kier alpha value is -3.20. The van der Waals surface area contributed by atoms with E-state index in [1.165, 1.54) is 6.26 Å². The van der Waals surface area contributed by atoms with Gasteiger partial charge in [-0.05, 0) is 19.1 Å². The topological polar surface area (TPSA) is 107 Å². The fraction of sp³-hybridized carbons (Fsp3) is 0.368. The van der Waals surface area contributed by atoms with Crippen LogP contribution in [0.5, 0.6) is 5.75 Å². The summed E-state index contributed by atoms with van der Waals surface area (Å²) < 4.78 is 10.3. The number of hydrogen-bond donors (Lipinski definition) is 3. The summed E-state index contributed by atoms with van der Waals surface area (Å²) in [5.74, 6) is -0.319. The lowest BCUT2D eigenvalue weighted by molar-refractivity contribution is 0.0697. The molecule has 2 aromatic rings. The molecule has 0 bridgehead atoms. The number of carbonyl (C=O) groups excluding carboxylic acids is 1. The molecule has 1 aromatic heterocycles. The highest BCUT2D eigenvalue weighted by Crippen LogP contribution is 2.28. The zero-order chi connectivity index (χ0) is 20.1. The molecule has 1 fully saturated rings. The normalized spacial score (nSPS) is 15.7. The van der Waals surface area contributed by atoms with Gasteiger partial charge in [-0.25, -0.2) is 9.59 Å². The van der Waals surface area contributed by atoms with Gasteiger partial charge in [-0.2, -0.15) is 0 Å². The molecular weight excluding hydrogens is 364 g/mol. The van der Waals surface area contributed by atoms with E-state index in [0.29, 0.717) is 0 Å². The van der Waals surface area contributed by atoms with Crippen molar-refractivity contribution in [3.8, 4) is 5.75 Å². The lowest BCUT2D eigenvalue weighted by Gasteiger charge is -2.39. The summed E-state index contributed by atoms with van der Waals surface area (Å²) in [5, 5.41) is 14.4. The number of carboxylic acid groups (broad SMARTS) is 1. The Morgan fingerprint density at radius 1 is 1.18 bits per heavy atom. The van der Waals surface area contributed by atoms with Gasteiger partial charge in [-0.15, -0.1) is 0 Å². The Bertz CT molecular complexity index is 829. The monoisotopic (exact) mass is 388 g/mol. The molecule has 9 heteroatoms. The molecule has 3 N–H and O–H groups in total. The Balaban J connectivity index is 1.52. The highest BCUT2D eigenvalue weighted by atomic mass is 16.5. The largest absolute Gasteiger partial charge is 0.495 e. The van der Waals surface area contributed by atoms with Gasteiger partial charge in [0.25, 0.3) is 0 Å². The molecule has 1 aliphatic heterocycles. The average molecular weight is 388 g/mol. The number of para-hydroxylation sites is 2. The minimum atomic E-state index is -1.16. The van der Waals surface area contributed by atoms with Crippen molar-refractivity contribution in [1.29, 1.82) is 0 Å². The van der Waals surface area contributed by atoms with E-state index in [-0.39, 0.29) is 17.4 Å². The van der Waals surface area contributed by atoms with Crippen LogP contribution in [-0.2, 0) is 0 Å². The van der Waals surface area contributed by atoms with E-state index in [1.807, 2.05) is 31.2 Å². The molecule has 1 saturated heterocycles. The SMILES string of the molecule is COc1ccccc1N1CCN(C(C)NC(=O)Nc2cocc2C(=O)O)CC1. The van der Waals surface area contributed by atoms with Gasteiger partial charge in [-0.1, -0.05) is 12.1 Å². The van der Waals surface area contributed by atoms with E-state index in [4.69, 9.17) is 14.3 Å². The number of benzene rings is 1. The standard InChI is InChI=1S/C19H24N4O5/c1-13(20-19(26)21-15-12-28-11-14(15)18(24)25)22-7-9-23(10-8-22)16-5-3-4-6-17(16)27-2/h3-6,11-13H,7-10H2,1-2H3,(H,24,25)(H2,20,21,26). The van der Waals surface area contributed by atoms with Crippen LogP contribution in [0.15, 0.2) is 41.2 Å². The molecule has 0 saturated carbocycles. The molecule has 2 heterocycles. The summed E-state index contributed by atoms with van der Waals surface area (Å²) in [6.07, 6.45) is 2.07. The molecule has 3 rings (SSSR count). The van der Waals surface area contributed by atoms with Crippen molar-refractivity contribution in [3.63, 3.8) is 0 Å². The summed E-state index contributed by atoms with van der Waals surface area (Å²) >= 11 is 0. The quantitative estimate of drug-likeness (QED) is 0.697. The molecule has 0 spiro atoms. The van der Waals surface area contributed by atoms with Gasteiger partial charge >= 0.3 is 12.0 Å². The van der Waals surface area contributed by atoms with Crippen molar-refractivity contribution in [3.05, 3.63) is 42.4 Å². The number of rotatable bonds is 6. The van der Waals surface area contributed by atoms with Gasteiger partial charge in [0.2, 0.25) is 0 Å². The van der Waals surface area contributed by atoms with Gasteiger partial charge in [0, 0.05) is 26.2 Å². The second-order valence-corrected chi connectivity index (χ2v) is 6.47. The molecule has 28 heavy (non-hydrogen) atoms. The van der Waals surface area contributed by atoms with Crippen LogP contribution in [0, 0.1) is 0 Å². The van der Waals surface area contributed by atoms with Crippen molar-refractivity contribution in [2.75, 3.05) is 43.5 Å². The van der Waals surface area contributed by atoms with E-state index >= 15 is 0 Å². The van der Waals surface area contributed by atoms with Gasteiger partial charge < -0.3 is 29.8 Å². The summed E-state index contributed by atoms with van der Waals surface area (Å²) in [6, 6.07) is 7.42. The molecule has 1 atom stereocenters. The molecule has 9 nitrogen and oxygen atoms in total. The highest BCUT2D eigenvalue weighted by molar-refractivity contribution is 5.99. The van der Waals surface area contributed by atoms with Crippen LogP contribution in [0.2, 0.25) is 0 Å². The van der Waals surface area contributed by atoms with Crippen LogP contribution in [-0.4, -0.2) is 61.5 Å². The first-order valence-corrected chi connectivity index (χ1v) is 8.98. The number of nitrogens with one attached hydrogen (secondary N) is 2. The molecular formula is C19H24N4O5. The third-order valence-corrected chi connectivity index (χ3v) is 4.77.